The number of hydrogen-bond donors (Lipinski definition) is 1. The molecule has 184 valence electrons. The van der Waals surface area contributed by atoms with Crippen molar-refractivity contribution < 1.29 is 19.0 Å². The molecule has 0 aromatic heterocycles. The van der Waals surface area contributed by atoms with E-state index in [9.17, 15) is 14.3 Å². The van der Waals surface area contributed by atoms with Crippen LogP contribution < -0.4 is 4.74 Å². The Hall–Kier alpha value is -3.38. The van der Waals surface area contributed by atoms with Crippen LogP contribution in [0.1, 0.15) is 35.1 Å². The van der Waals surface area contributed by atoms with Crippen molar-refractivity contribution in [3.8, 4) is 11.5 Å². The minimum absolute atomic E-state index is 0.00299. The molecule has 0 saturated carbocycles. The topological polar surface area (TPSA) is 53.0 Å². The van der Waals surface area contributed by atoms with E-state index in [4.69, 9.17) is 4.74 Å². The molecule has 0 radical (unpaired) electrons. The Morgan fingerprint density at radius 3 is 2.43 bits per heavy atom. The molecule has 3 aromatic rings. The second kappa shape index (κ2) is 10.9. The van der Waals surface area contributed by atoms with E-state index in [0.717, 1.165) is 24.2 Å². The van der Waals surface area contributed by atoms with E-state index in [1.165, 1.54) is 23.3 Å². The van der Waals surface area contributed by atoms with Gasteiger partial charge in [-0.2, -0.15) is 0 Å². The number of amides is 1. The number of hydrogen-bond acceptors (Lipinski definition) is 4. The number of aryl methyl sites for hydroxylation is 1. The summed E-state index contributed by atoms with van der Waals surface area (Å²) in [5.74, 6) is 1.05. The smallest absolute Gasteiger partial charge is 0.219 e. The highest BCUT2D eigenvalue weighted by Crippen LogP contribution is 2.36. The van der Waals surface area contributed by atoms with E-state index in [2.05, 4.69) is 36.1 Å². The summed E-state index contributed by atoms with van der Waals surface area (Å²) in [5.41, 5.74) is 4.23. The maximum atomic E-state index is 13.4. The lowest BCUT2D eigenvalue weighted by Gasteiger charge is -2.28. The highest BCUT2D eigenvalue weighted by molar-refractivity contribution is 5.73. The van der Waals surface area contributed by atoms with Crippen molar-refractivity contribution >= 4 is 5.91 Å². The molecular formula is C29H33FN2O3. The minimum atomic E-state index is -0.282. The molecule has 1 saturated heterocycles. The molecule has 1 amide bonds. The zero-order valence-corrected chi connectivity index (χ0v) is 20.6. The van der Waals surface area contributed by atoms with Crippen molar-refractivity contribution in [3.63, 3.8) is 0 Å². The first kappa shape index (κ1) is 24.7. The molecule has 2 atom stereocenters. The van der Waals surface area contributed by atoms with Crippen LogP contribution in [0.25, 0.3) is 0 Å². The molecule has 0 unspecified atom stereocenters. The Morgan fingerprint density at radius 1 is 1.09 bits per heavy atom. The summed E-state index contributed by atoms with van der Waals surface area (Å²) >= 11 is 0. The van der Waals surface area contributed by atoms with E-state index < -0.39 is 0 Å². The quantitative estimate of drug-likeness (QED) is 0.491. The number of carbonyl (C=O) groups is 1. The maximum absolute atomic E-state index is 13.4. The third kappa shape index (κ3) is 6.20. The van der Waals surface area contributed by atoms with Gasteiger partial charge in [0.2, 0.25) is 5.91 Å². The number of benzene rings is 3. The molecule has 1 heterocycles. The van der Waals surface area contributed by atoms with Crippen LogP contribution in [0.3, 0.4) is 0 Å². The van der Waals surface area contributed by atoms with Crippen molar-refractivity contribution in [1.82, 2.24) is 9.80 Å². The predicted molar refractivity (Wildman–Crippen MR) is 135 cm³/mol. The van der Waals surface area contributed by atoms with Crippen LogP contribution in [0, 0.1) is 18.7 Å². The van der Waals surface area contributed by atoms with Gasteiger partial charge in [0.05, 0.1) is 7.11 Å². The highest BCUT2D eigenvalue weighted by Gasteiger charge is 2.35. The fourth-order valence-electron chi connectivity index (χ4n) is 4.91. The Bertz CT molecular complexity index is 1150. The molecule has 4 rings (SSSR count). The first-order chi connectivity index (χ1) is 16.8. The Balaban J connectivity index is 1.54. The average molecular weight is 477 g/mol. The second-order valence-electron chi connectivity index (χ2n) is 9.49. The zero-order chi connectivity index (χ0) is 24.9. The Labute approximate surface area is 206 Å². The van der Waals surface area contributed by atoms with Crippen LogP contribution >= 0.6 is 0 Å². The van der Waals surface area contributed by atoms with Crippen LogP contribution in [-0.4, -0.2) is 47.6 Å². The van der Waals surface area contributed by atoms with Gasteiger partial charge < -0.3 is 14.7 Å². The number of ether oxygens (including phenoxy) is 1. The first-order valence-corrected chi connectivity index (χ1v) is 12.0. The Morgan fingerprint density at radius 2 is 1.80 bits per heavy atom. The van der Waals surface area contributed by atoms with E-state index >= 15 is 0 Å². The lowest BCUT2D eigenvalue weighted by Crippen LogP contribution is -2.35. The molecule has 1 aliphatic heterocycles. The van der Waals surface area contributed by atoms with Gasteiger partial charge in [0.25, 0.3) is 0 Å². The number of halogens is 1. The monoisotopic (exact) mass is 476 g/mol. The SMILES string of the molecule is COc1ccc(CN2C[C@H](CN(Cc3ccc(F)cc3)C(C)=O)[C@H](c3ccc(C)cc3)C2)c(O)c1. The summed E-state index contributed by atoms with van der Waals surface area (Å²) in [5, 5.41) is 10.5. The van der Waals surface area contributed by atoms with Crippen molar-refractivity contribution in [2.24, 2.45) is 5.92 Å². The van der Waals surface area contributed by atoms with Crippen LogP contribution in [0.5, 0.6) is 11.5 Å². The van der Waals surface area contributed by atoms with Gasteiger partial charge in [0.15, 0.2) is 0 Å². The predicted octanol–water partition coefficient (Wildman–Crippen LogP) is 5.11. The van der Waals surface area contributed by atoms with Gasteiger partial charge in [-0.15, -0.1) is 0 Å². The molecule has 0 aliphatic carbocycles. The number of rotatable bonds is 8. The normalized spacial score (nSPS) is 17.9. The summed E-state index contributed by atoms with van der Waals surface area (Å²) in [6.45, 7) is 6.98. The highest BCUT2D eigenvalue weighted by atomic mass is 19.1. The van der Waals surface area contributed by atoms with Gasteiger partial charge in [-0.1, -0.05) is 48.0 Å². The van der Waals surface area contributed by atoms with Gasteiger partial charge in [0.1, 0.15) is 17.3 Å². The van der Waals surface area contributed by atoms with Gasteiger partial charge in [0, 0.05) is 57.2 Å². The molecule has 3 aromatic carbocycles. The van der Waals surface area contributed by atoms with Crippen molar-refractivity contribution in [1.29, 1.82) is 0 Å². The third-order valence-electron chi connectivity index (χ3n) is 6.90. The number of likely N-dealkylation sites (tertiary alicyclic amines) is 1. The van der Waals surface area contributed by atoms with Gasteiger partial charge in [-0.05, 0) is 42.2 Å². The molecule has 35 heavy (non-hydrogen) atoms. The maximum Gasteiger partial charge on any atom is 0.219 e. The van der Waals surface area contributed by atoms with Crippen LogP contribution in [-0.2, 0) is 17.9 Å². The standard InChI is InChI=1S/C29H33FN2O3/c1-20-4-8-23(9-5-20)28-19-31(16-24-10-13-27(35-3)14-29(24)34)17-25(28)18-32(21(2)33)15-22-6-11-26(30)12-7-22/h4-14,25,28,34H,15-19H2,1-3H3/t25-,28+/m1/s1. The lowest BCUT2D eigenvalue weighted by atomic mass is 9.88. The van der Waals surface area contributed by atoms with E-state index in [1.807, 2.05) is 17.0 Å². The van der Waals surface area contributed by atoms with E-state index in [-0.39, 0.29) is 29.3 Å². The number of carbonyl (C=O) groups excluding carboxylic acids is 1. The number of phenolic OH excluding ortho intramolecular Hbond substituents is 1. The first-order valence-electron chi connectivity index (χ1n) is 12.0. The van der Waals surface area contributed by atoms with Crippen LogP contribution in [0.4, 0.5) is 4.39 Å². The zero-order valence-electron chi connectivity index (χ0n) is 20.6. The van der Waals surface area contributed by atoms with Crippen molar-refractivity contribution in [2.45, 2.75) is 32.9 Å². The largest absolute Gasteiger partial charge is 0.507 e. The van der Waals surface area contributed by atoms with E-state index in [1.54, 1.807) is 32.2 Å². The van der Waals surface area contributed by atoms with Gasteiger partial charge in [-0.3, -0.25) is 9.69 Å². The lowest BCUT2D eigenvalue weighted by molar-refractivity contribution is -0.130. The fourth-order valence-corrected chi connectivity index (χ4v) is 4.91. The van der Waals surface area contributed by atoms with Crippen LogP contribution in [0.2, 0.25) is 0 Å². The fraction of sp³-hybridized carbons (Fsp3) is 0.345. The van der Waals surface area contributed by atoms with Gasteiger partial charge in [-0.25, -0.2) is 4.39 Å². The van der Waals surface area contributed by atoms with Crippen molar-refractivity contribution in [3.05, 3.63) is 94.8 Å². The van der Waals surface area contributed by atoms with Crippen LogP contribution in [0.15, 0.2) is 66.7 Å². The Kier molecular flexibility index (Phi) is 7.71. The molecular weight excluding hydrogens is 443 g/mol. The number of methoxy groups -OCH3 is 1. The second-order valence-corrected chi connectivity index (χ2v) is 9.49. The molecule has 1 N–H and O–H groups in total. The summed E-state index contributed by atoms with van der Waals surface area (Å²) < 4.78 is 18.6. The molecule has 1 fully saturated rings. The summed E-state index contributed by atoms with van der Waals surface area (Å²) in [7, 11) is 1.58. The molecule has 1 aliphatic rings. The minimum Gasteiger partial charge on any atom is -0.507 e. The van der Waals surface area contributed by atoms with E-state index in [0.29, 0.717) is 25.4 Å². The summed E-state index contributed by atoms with van der Waals surface area (Å²) in [6, 6.07) is 20.4. The molecule has 5 nitrogen and oxygen atoms in total. The molecule has 6 heteroatoms. The summed E-state index contributed by atoms with van der Waals surface area (Å²) in [6.07, 6.45) is 0. The third-order valence-corrected chi connectivity index (χ3v) is 6.90. The molecule has 0 bridgehead atoms. The number of phenols is 1. The summed E-state index contributed by atoms with van der Waals surface area (Å²) in [4.78, 5) is 16.8. The number of aromatic hydroxyl groups is 1. The number of nitrogens with zero attached hydrogens (tertiary/aromatic N) is 2. The van der Waals surface area contributed by atoms with Gasteiger partial charge >= 0.3 is 0 Å². The van der Waals surface area contributed by atoms with Crippen molar-refractivity contribution in [2.75, 3.05) is 26.7 Å². The average Bonchev–Trinajstić information content (AvgIpc) is 3.23. The molecule has 0 spiro atoms.